The molecule has 0 spiro atoms. The second-order valence-corrected chi connectivity index (χ2v) is 7.80. The summed E-state index contributed by atoms with van der Waals surface area (Å²) in [5.41, 5.74) is 2.49. The predicted octanol–water partition coefficient (Wildman–Crippen LogP) is 3.40. The Kier molecular flexibility index (Phi) is 10.3. The van der Waals surface area contributed by atoms with Crippen molar-refractivity contribution < 1.29 is 9.84 Å². The number of ether oxygens (including phenoxy) is 1. The lowest BCUT2D eigenvalue weighted by Crippen LogP contribution is -2.32. The summed E-state index contributed by atoms with van der Waals surface area (Å²) < 4.78 is 5.73. The average molecular weight is 389 g/mol. The normalized spacial score (nSPS) is 12.3. The van der Waals surface area contributed by atoms with Gasteiger partial charge in [0.1, 0.15) is 18.5 Å². The monoisotopic (exact) mass is 388 g/mol. The van der Waals surface area contributed by atoms with E-state index >= 15 is 0 Å². The second kappa shape index (κ2) is 12.8. The van der Waals surface area contributed by atoms with Gasteiger partial charge in [-0.15, -0.1) is 0 Å². The highest BCUT2D eigenvalue weighted by molar-refractivity contribution is 7.98. The zero-order valence-electron chi connectivity index (χ0n) is 16.4. The van der Waals surface area contributed by atoms with E-state index in [0.717, 1.165) is 25.4 Å². The highest BCUT2D eigenvalue weighted by Gasteiger charge is 2.09. The van der Waals surface area contributed by atoms with Crippen LogP contribution < -0.4 is 10.1 Å². The van der Waals surface area contributed by atoms with E-state index in [4.69, 9.17) is 4.74 Å². The molecule has 0 aliphatic heterocycles. The third kappa shape index (κ3) is 9.29. The number of thioether (sulfide) groups is 1. The quantitative estimate of drug-likeness (QED) is 0.515. The summed E-state index contributed by atoms with van der Waals surface area (Å²) in [5, 5.41) is 13.7. The van der Waals surface area contributed by atoms with E-state index in [1.165, 1.54) is 23.3 Å². The molecule has 0 aromatic heterocycles. The van der Waals surface area contributed by atoms with Gasteiger partial charge in [-0.05, 0) is 55.3 Å². The molecular formula is C22H32N2O2S. The summed E-state index contributed by atoms with van der Waals surface area (Å²) in [6.07, 6.45) is 2.81. The van der Waals surface area contributed by atoms with Crippen molar-refractivity contribution >= 4 is 11.8 Å². The topological polar surface area (TPSA) is 44.7 Å². The van der Waals surface area contributed by atoms with Crippen molar-refractivity contribution in [1.82, 2.24) is 10.2 Å². The summed E-state index contributed by atoms with van der Waals surface area (Å²) in [6.45, 7) is 3.61. The van der Waals surface area contributed by atoms with Gasteiger partial charge in [0.05, 0.1) is 0 Å². The van der Waals surface area contributed by atoms with Crippen molar-refractivity contribution in [2.75, 3.05) is 38.8 Å². The Hall–Kier alpha value is -1.53. The second-order valence-electron chi connectivity index (χ2n) is 6.81. The third-order valence-corrected chi connectivity index (χ3v) is 4.91. The largest absolute Gasteiger partial charge is 0.491 e. The van der Waals surface area contributed by atoms with Gasteiger partial charge in [-0.25, -0.2) is 0 Å². The number of nitrogens with zero attached hydrogens (tertiary/aromatic N) is 1. The van der Waals surface area contributed by atoms with Gasteiger partial charge in [0.15, 0.2) is 0 Å². The molecule has 0 heterocycles. The fourth-order valence-corrected chi connectivity index (χ4v) is 3.28. The molecule has 2 N–H and O–H groups in total. The van der Waals surface area contributed by atoms with Gasteiger partial charge in [0.25, 0.3) is 0 Å². The molecule has 1 unspecified atom stereocenters. The van der Waals surface area contributed by atoms with E-state index in [1.54, 1.807) is 0 Å². The fraction of sp³-hybridized carbons (Fsp3) is 0.455. The van der Waals surface area contributed by atoms with Gasteiger partial charge in [-0.3, -0.25) is 4.90 Å². The Balaban J connectivity index is 1.65. The zero-order chi connectivity index (χ0) is 19.3. The van der Waals surface area contributed by atoms with Crippen LogP contribution in [0.4, 0.5) is 0 Å². The highest BCUT2D eigenvalue weighted by Crippen LogP contribution is 2.13. The van der Waals surface area contributed by atoms with E-state index in [0.29, 0.717) is 13.2 Å². The summed E-state index contributed by atoms with van der Waals surface area (Å²) >= 11 is 1.88. The Labute approximate surface area is 167 Å². The Morgan fingerprint density at radius 1 is 1.07 bits per heavy atom. The van der Waals surface area contributed by atoms with Crippen molar-refractivity contribution in [2.24, 2.45) is 0 Å². The minimum absolute atomic E-state index is 0.297. The third-order valence-electron chi connectivity index (χ3n) is 4.21. The molecule has 0 amide bonds. The summed E-state index contributed by atoms with van der Waals surface area (Å²) in [5.74, 6) is 1.99. The fourth-order valence-electron chi connectivity index (χ4n) is 2.84. The van der Waals surface area contributed by atoms with E-state index in [9.17, 15) is 5.11 Å². The molecule has 148 valence electrons. The van der Waals surface area contributed by atoms with Crippen LogP contribution >= 0.6 is 11.8 Å². The molecule has 0 radical (unpaired) electrons. The van der Waals surface area contributed by atoms with Gasteiger partial charge >= 0.3 is 0 Å². The maximum Gasteiger partial charge on any atom is 0.119 e. The lowest BCUT2D eigenvalue weighted by atomic mass is 10.2. The lowest BCUT2D eigenvalue weighted by molar-refractivity contribution is 0.0744. The molecule has 0 bridgehead atoms. The number of likely N-dealkylation sites (N-methyl/N-ethyl adjacent to an activating group) is 1. The Morgan fingerprint density at radius 3 is 2.52 bits per heavy atom. The van der Waals surface area contributed by atoms with E-state index in [2.05, 4.69) is 40.7 Å². The van der Waals surface area contributed by atoms with Gasteiger partial charge in [-0.1, -0.05) is 42.5 Å². The molecular weight excluding hydrogens is 356 g/mol. The predicted molar refractivity (Wildman–Crippen MR) is 115 cm³/mol. The van der Waals surface area contributed by atoms with Crippen LogP contribution in [-0.2, 0) is 13.1 Å². The summed E-state index contributed by atoms with van der Waals surface area (Å²) in [4.78, 5) is 2.11. The SMILES string of the molecule is CSCCCNCc1ccc(OCC(O)CN(C)Cc2ccccc2)cc1. The molecule has 2 rings (SSSR count). The first-order valence-electron chi connectivity index (χ1n) is 9.49. The number of benzene rings is 2. The molecule has 0 fully saturated rings. The minimum atomic E-state index is -0.517. The molecule has 0 saturated carbocycles. The van der Waals surface area contributed by atoms with Crippen LogP contribution in [0, 0.1) is 0 Å². The molecule has 2 aromatic rings. The van der Waals surface area contributed by atoms with E-state index < -0.39 is 6.10 Å². The van der Waals surface area contributed by atoms with Crippen molar-refractivity contribution in [2.45, 2.75) is 25.6 Å². The first-order chi connectivity index (χ1) is 13.2. The summed E-state index contributed by atoms with van der Waals surface area (Å²) in [6, 6.07) is 18.4. The first-order valence-corrected chi connectivity index (χ1v) is 10.9. The first kappa shape index (κ1) is 21.8. The van der Waals surface area contributed by atoms with Crippen LogP contribution in [0.25, 0.3) is 0 Å². The van der Waals surface area contributed by atoms with Crippen molar-refractivity contribution in [3.8, 4) is 5.75 Å². The van der Waals surface area contributed by atoms with Gasteiger partial charge in [0, 0.05) is 19.6 Å². The zero-order valence-corrected chi connectivity index (χ0v) is 17.3. The smallest absolute Gasteiger partial charge is 0.119 e. The van der Waals surface area contributed by atoms with Crippen LogP contribution in [0.1, 0.15) is 17.5 Å². The Bertz CT molecular complexity index is 622. The maximum atomic E-state index is 10.2. The minimum Gasteiger partial charge on any atom is -0.491 e. The standard InChI is InChI=1S/C22H32N2O2S/c1-24(16-20-7-4-3-5-8-20)17-21(25)18-26-22-11-9-19(10-12-22)15-23-13-6-14-27-2/h3-5,7-12,21,23,25H,6,13-18H2,1-2H3. The van der Waals surface area contributed by atoms with Crippen molar-refractivity contribution in [3.63, 3.8) is 0 Å². The summed E-state index contributed by atoms with van der Waals surface area (Å²) in [7, 11) is 2.01. The van der Waals surface area contributed by atoms with Crippen molar-refractivity contribution in [3.05, 3.63) is 65.7 Å². The van der Waals surface area contributed by atoms with Gasteiger partial charge < -0.3 is 15.2 Å². The molecule has 0 aliphatic carbocycles. The molecule has 27 heavy (non-hydrogen) atoms. The molecule has 2 aromatic carbocycles. The number of hydrogen-bond donors (Lipinski definition) is 2. The van der Waals surface area contributed by atoms with Crippen molar-refractivity contribution in [1.29, 1.82) is 0 Å². The molecule has 4 nitrogen and oxygen atoms in total. The van der Waals surface area contributed by atoms with Crippen LogP contribution in [0.5, 0.6) is 5.75 Å². The van der Waals surface area contributed by atoms with E-state index in [-0.39, 0.29) is 0 Å². The van der Waals surface area contributed by atoms with Crippen LogP contribution in [0.2, 0.25) is 0 Å². The average Bonchev–Trinajstić information content (AvgIpc) is 2.68. The number of rotatable bonds is 13. The molecule has 0 saturated heterocycles. The number of nitrogens with one attached hydrogen (secondary N) is 1. The lowest BCUT2D eigenvalue weighted by Gasteiger charge is -2.21. The van der Waals surface area contributed by atoms with Gasteiger partial charge in [0.2, 0.25) is 0 Å². The highest BCUT2D eigenvalue weighted by atomic mass is 32.2. The number of aliphatic hydroxyl groups excluding tert-OH is 1. The van der Waals surface area contributed by atoms with E-state index in [1.807, 2.05) is 49.1 Å². The maximum absolute atomic E-state index is 10.2. The molecule has 0 aliphatic rings. The molecule has 1 atom stereocenters. The van der Waals surface area contributed by atoms with Crippen LogP contribution in [-0.4, -0.2) is 54.9 Å². The van der Waals surface area contributed by atoms with Gasteiger partial charge in [-0.2, -0.15) is 11.8 Å². The molecule has 5 heteroatoms. The van der Waals surface area contributed by atoms with Crippen LogP contribution in [0.15, 0.2) is 54.6 Å². The Morgan fingerprint density at radius 2 is 1.81 bits per heavy atom. The van der Waals surface area contributed by atoms with Crippen LogP contribution in [0.3, 0.4) is 0 Å². The number of hydrogen-bond acceptors (Lipinski definition) is 5. The number of aliphatic hydroxyl groups is 1.